The number of aliphatic hydroxyl groups excluding tert-OH is 1. The number of fused-ring (bicyclic) bond motifs is 1. The standard InChI is InChI=1S/C27H31N7O3/c1-2-23(36)33-17-27(18-33)7-8-32(16-27)24-21(14-28)25(30-26(29-24)31-9-11-37-12-10-31)34-15-20(35)13-19-5-3-4-6-22(19)34/h2-6,20,35H,1,7-13,15-18H2. The van der Waals surface area contributed by atoms with E-state index in [1.807, 2.05) is 34.1 Å². The number of para-hydroxylation sites is 1. The summed E-state index contributed by atoms with van der Waals surface area (Å²) in [4.78, 5) is 30.0. The average Bonchev–Trinajstić information content (AvgIpc) is 3.37. The first kappa shape index (κ1) is 23.7. The monoisotopic (exact) mass is 501 g/mol. The molecule has 1 spiro atoms. The number of hydrogen-bond donors (Lipinski definition) is 1. The highest BCUT2D eigenvalue weighted by molar-refractivity contribution is 5.88. The maximum atomic E-state index is 12.0. The van der Waals surface area contributed by atoms with Crippen molar-refractivity contribution in [1.82, 2.24) is 14.9 Å². The molecule has 4 aliphatic rings. The normalized spacial score (nSPS) is 22.4. The van der Waals surface area contributed by atoms with E-state index in [0.29, 0.717) is 75.5 Å². The molecule has 192 valence electrons. The Kier molecular flexibility index (Phi) is 5.97. The molecule has 6 rings (SSSR count). The van der Waals surface area contributed by atoms with Gasteiger partial charge in [0.15, 0.2) is 11.6 Å². The van der Waals surface area contributed by atoms with Crippen molar-refractivity contribution in [2.45, 2.75) is 18.9 Å². The Morgan fingerprint density at radius 1 is 1.14 bits per heavy atom. The molecule has 10 nitrogen and oxygen atoms in total. The van der Waals surface area contributed by atoms with Crippen molar-refractivity contribution < 1.29 is 14.6 Å². The Bertz CT molecular complexity index is 1260. The molecule has 37 heavy (non-hydrogen) atoms. The van der Waals surface area contributed by atoms with Crippen molar-refractivity contribution in [2.75, 3.05) is 73.7 Å². The zero-order chi connectivity index (χ0) is 25.6. The van der Waals surface area contributed by atoms with Crippen LogP contribution in [0.15, 0.2) is 36.9 Å². The second-order valence-electron chi connectivity index (χ2n) is 10.4. The number of aromatic nitrogens is 2. The van der Waals surface area contributed by atoms with Crippen LogP contribution in [0.3, 0.4) is 0 Å². The number of nitrogens with zero attached hydrogens (tertiary/aromatic N) is 7. The molecular formula is C27H31N7O3. The number of ether oxygens (including phenoxy) is 1. The summed E-state index contributed by atoms with van der Waals surface area (Å²) in [6, 6.07) is 10.4. The molecule has 0 bridgehead atoms. The summed E-state index contributed by atoms with van der Waals surface area (Å²) in [6.07, 6.45) is 2.29. The van der Waals surface area contributed by atoms with Gasteiger partial charge in [-0.2, -0.15) is 15.2 Å². The molecule has 3 saturated heterocycles. The minimum atomic E-state index is -0.565. The van der Waals surface area contributed by atoms with E-state index >= 15 is 0 Å². The number of hydrogen-bond acceptors (Lipinski definition) is 9. The molecule has 4 aliphatic heterocycles. The number of amides is 1. The van der Waals surface area contributed by atoms with E-state index in [-0.39, 0.29) is 11.3 Å². The Morgan fingerprint density at radius 3 is 2.65 bits per heavy atom. The molecule has 1 amide bonds. The SMILES string of the molecule is C=CC(=O)N1CC2(CCN(c3nc(N4CCOCC4)nc(N4CC(O)Cc5ccccc54)c3C#N)C2)C1. The number of aliphatic hydroxyl groups is 1. The first-order valence-corrected chi connectivity index (χ1v) is 12.8. The van der Waals surface area contributed by atoms with Crippen LogP contribution in [-0.4, -0.2) is 91.0 Å². The van der Waals surface area contributed by atoms with Gasteiger partial charge in [0.25, 0.3) is 0 Å². The van der Waals surface area contributed by atoms with Crippen LogP contribution in [0, 0.1) is 16.7 Å². The van der Waals surface area contributed by atoms with Crippen molar-refractivity contribution in [2.24, 2.45) is 5.41 Å². The van der Waals surface area contributed by atoms with Gasteiger partial charge in [0.2, 0.25) is 11.9 Å². The largest absolute Gasteiger partial charge is 0.391 e. The van der Waals surface area contributed by atoms with E-state index in [1.54, 1.807) is 0 Å². The molecule has 1 aromatic heterocycles. The molecule has 1 atom stereocenters. The van der Waals surface area contributed by atoms with Crippen LogP contribution in [0.1, 0.15) is 17.5 Å². The molecule has 10 heteroatoms. The van der Waals surface area contributed by atoms with Crippen LogP contribution in [0.25, 0.3) is 0 Å². The number of rotatable bonds is 4. The number of morpholine rings is 1. The number of carbonyl (C=O) groups is 1. The van der Waals surface area contributed by atoms with Gasteiger partial charge in [-0.25, -0.2) is 0 Å². The minimum absolute atomic E-state index is 0.00353. The predicted octanol–water partition coefficient (Wildman–Crippen LogP) is 1.46. The third kappa shape index (κ3) is 4.18. The summed E-state index contributed by atoms with van der Waals surface area (Å²) in [6.45, 7) is 9.35. The van der Waals surface area contributed by atoms with Gasteiger partial charge >= 0.3 is 0 Å². The van der Waals surface area contributed by atoms with Crippen LogP contribution < -0.4 is 14.7 Å². The van der Waals surface area contributed by atoms with Crippen molar-refractivity contribution in [3.63, 3.8) is 0 Å². The number of likely N-dealkylation sites (tertiary alicyclic amines) is 1. The van der Waals surface area contributed by atoms with Crippen molar-refractivity contribution in [3.8, 4) is 6.07 Å². The molecule has 1 aromatic carbocycles. The van der Waals surface area contributed by atoms with E-state index in [0.717, 1.165) is 30.8 Å². The number of benzene rings is 1. The Hall–Kier alpha value is -3.68. The van der Waals surface area contributed by atoms with Gasteiger partial charge in [-0.1, -0.05) is 24.8 Å². The molecule has 0 aliphatic carbocycles. The zero-order valence-corrected chi connectivity index (χ0v) is 20.8. The Balaban J connectivity index is 1.40. The fourth-order valence-corrected chi connectivity index (χ4v) is 6.05. The predicted molar refractivity (Wildman–Crippen MR) is 139 cm³/mol. The van der Waals surface area contributed by atoms with Crippen LogP contribution >= 0.6 is 0 Å². The van der Waals surface area contributed by atoms with Crippen LogP contribution in [0.2, 0.25) is 0 Å². The molecule has 5 heterocycles. The lowest BCUT2D eigenvalue weighted by Crippen LogP contribution is -2.59. The number of β-amino-alcohol motifs (C(OH)–C–C–N with tert-alkyl or cyclic N) is 1. The maximum absolute atomic E-state index is 12.0. The smallest absolute Gasteiger partial charge is 0.245 e. The van der Waals surface area contributed by atoms with Crippen LogP contribution in [-0.2, 0) is 16.0 Å². The van der Waals surface area contributed by atoms with Gasteiger partial charge in [-0.15, -0.1) is 0 Å². The van der Waals surface area contributed by atoms with Crippen molar-refractivity contribution >= 4 is 29.2 Å². The summed E-state index contributed by atoms with van der Waals surface area (Å²) >= 11 is 0. The molecular weight excluding hydrogens is 470 g/mol. The first-order chi connectivity index (χ1) is 18.0. The summed E-state index contributed by atoms with van der Waals surface area (Å²) in [5.74, 6) is 1.68. The van der Waals surface area contributed by atoms with Gasteiger partial charge in [-0.3, -0.25) is 4.79 Å². The lowest BCUT2D eigenvalue weighted by molar-refractivity contribution is -0.136. The minimum Gasteiger partial charge on any atom is -0.391 e. The molecule has 0 radical (unpaired) electrons. The number of carbonyl (C=O) groups excluding carboxylic acids is 1. The van der Waals surface area contributed by atoms with Crippen molar-refractivity contribution in [3.05, 3.63) is 48.0 Å². The Morgan fingerprint density at radius 2 is 1.89 bits per heavy atom. The third-order valence-corrected chi connectivity index (χ3v) is 7.93. The number of anilines is 4. The second kappa shape index (κ2) is 9.32. The quantitative estimate of drug-likeness (QED) is 0.623. The fourth-order valence-electron chi connectivity index (χ4n) is 6.05. The van der Waals surface area contributed by atoms with Crippen LogP contribution in [0.5, 0.6) is 0 Å². The maximum Gasteiger partial charge on any atom is 0.245 e. The zero-order valence-electron chi connectivity index (χ0n) is 20.8. The molecule has 3 fully saturated rings. The number of nitriles is 1. The summed E-state index contributed by atoms with van der Waals surface area (Å²) < 4.78 is 5.55. The van der Waals surface area contributed by atoms with E-state index in [4.69, 9.17) is 14.7 Å². The third-order valence-electron chi connectivity index (χ3n) is 7.93. The highest BCUT2D eigenvalue weighted by Gasteiger charge is 2.49. The van der Waals surface area contributed by atoms with E-state index < -0.39 is 6.10 Å². The van der Waals surface area contributed by atoms with Crippen LogP contribution in [0.4, 0.5) is 23.3 Å². The molecule has 1 N–H and O–H groups in total. The molecule has 1 unspecified atom stereocenters. The van der Waals surface area contributed by atoms with Gasteiger partial charge in [0.05, 0.1) is 25.9 Å². The molecule has 2 aromatic rings. The van der Waals surface area contributed by atoms with Gasteiger partial charge < -0.3 is 29.4 Å². The highest BCUT2D eigenvalue weighted by Crippen LogP contribution is 2.44. The van der Waals surface area contributed by atoms with E-state index in [9.17, 15) is 15.2 Å². The summed E-state index contributed by atoms with van der Waals surface area (Å²) in [5, 5.41) is 21.1. The van der Waals surface area contributed by atoms with Gasteiger partial charge in [0, 0.05) is 56.8 Å². The lowest BCUT2D eigenvalue weighted by Gasteiger charge is -2.47. The molecule has 0 saturated carbocycles. The van der Waals surface area contributed by atoms with Gasteiger partial charge in [-0.05, 0) is 24.1 Å². The lowest BCUT2D eigenvalue weighted by atomic mass is 9.79. The van der Waals surface area contributed by atoms with E-state index in [1.165, 1.54) is 6.08 Å². The first-order valence-electron chi connectivity index (χ1n) is 12.8. The Labute approximate surface area is 216 Å². The highest BCUT2D eigenvalue weighted by atomic mass is 16.5. The average molecular weight is 502 g/mol. The summed E-state index contributed by atoms with van der Waals surface area (Å²) in [5.41, 5.74) is 2.40. The fraction of sp³-hybridized carbons (Fsp3) is 0.481. The van der Waals surface area contributed by atoms with E-state index in [2.05, 4.69) is 22.4 Å². The van der Waals surface area contributed by atoms with Gasteiger partial charge in [0.1, 0.15) is 11.6 Å². The summed E-state index contributed by atoms with van der Waals surface area (Å²) in [7, 11) is 0. The topological polar surface area (TPSA) is 109 Å². The second-order valence-corrected chi connectivity index (χ2v) is 10.4. The van der Waals surface area contributed by atoms with Crippen molar-refractivity contribution in [1.29, 1.82) is 5.26 Å².